The quantitative estimate of drug-likeness (QED) is 0.371. The van der Waals surface area contributed by atoms with Gasteiger partial charge in [0.05, 0.1) is 11.4 Å². The number of fused-ring (bicyclic) bond motifs is 1. The lowest BCUT2D eigenvalue weighted by Crippen LogP contribution is -2.22. The van der Waals surface area contributed by atoms with Crippen molar-refractivity contribution in [3.63, 3.8) is 0 Å². The van der Waals surface area contributed by atoms with E-state index in [1.54, 1.807) is 11.3 Å². The zero-order valence-corrected chi connectivity index (χ0v) is 16.9. The molecule has 0 aliphatic carbocycles. The maximum atomic E-state index is 13.3. The number of carbonyl (C=O) groups excluding carboxylic acids is 1. The molecule has 5 aromatic rings. The molecular formula is C25H19N3OS. The van der Waals surface area contributed by atoms with Crippen molar-refractivity contribution in [3.05, 3.63) is 108 Å². The van der Waals surface area contributed by atoms with E-state index in [0.717, 1.165) is 27.6 Å². The van der Waals surface area contributed by atoms with Crippen LogP contribution in [0.2, 0.25) is 0 Å². The summed E-state index contributed by atoms with van der Waals surface area (Å²) in [6.07, 6.45) is 0. The smallest absolute Gasteiger partial charge is 0.237 e. The number of hydrogen-bond acceptors (Lipinski definition) is 3. The van der Waals surface area contributed by atoms with E-state index in [-0.39, 0.29) is 5.91 Å². The molecule has 0 spiro atoms. The first-order valence-electron chi connectivity index (χ1n) is 9.72. The fourth-order valence-corrected chi connectivity index (χ4v) is 4.41. The van der Waals surface area contributed by atoms with Crippen LogP contribution in [0.4, 0.5) is 5.82 Å². The number of nitrogens with zero attached hydrogens (tertiary/aromatic N) is 1. The summed E-state index contributed by atoms with van der Waals surface area (Å²) in [4.78, 5) is 14.5. The number of rotatable bonds is 5. The van der Waals surface area contributed by atoms with Gasteiger partial charge >= 0.3 is 0 Å². The van der Waals surface area contributed by atoms with Crippen LogP contribution in [0, 0.1) is 0 Å². The van der Waals surface area contributed by atoms with Crippen molar-refractivity contribution in [2.24, 2.45) is 0 Å². The highest BCUT2D eigenvalue weighted by atomic mass is 32.1. The van der Waals surface area contributed by atoms with Crippen molar-refractivity contribution >= 4 is 34.0 Å². The fraction of sp³-hybridized carbons (Fsp3) is 0.0400. The molecular weight excluding hydrogens is 390 g/mol. The third-order valence-corrected chi connectivity index (χ3v) is 6.06. The zero-order chi connectivity index (χ0) is 20.3. The van der Waals surface area contributed by atoms with Crippen LogP contribution >= 0.6 is 11.3 Å². The molecule has 0 atom stereocenters. The summed E-state index contributed by atoms with van der Waals surface area (Å²) in [5.74, 6) is 0.0252. The summed E-state index contributed by atoms with van der Waals surface area (Å²) in [6, 6.07) is 29.9. The molecule has 1 amide bonds. The minimum absolute atomic E-state index is 0.108. The van der Waals surface area contributed by atoms with Crippen molar-refractivity contribution in [2.75, 3.05) is 5.32 Å². The number of carbonyl (C=O) groups is 1. The lowest BCUT2D eigenvalue weighted by atomic mass is 9.90. The van der Waals surface area contributed by atoms with E-state index in [1.165, 1.54) is 4.88 Å². The second-order valence-electron chi connectivity index (χ2n) is 7.05. The van der Waals surface area contributed by atoms with Gasteiger partial charge in [0.2, 0.25) is 5.91 Å². The van der Waals surface area contributed by atoms with Crippen LogP contribution in [0.3, 0.4) is 0 Å². The minimum atomic E-state index is -0.412. The molecule has 2 heterocycles. The minimum Gasteiger partial charge on any atom is -0.308 e. The van der Waals surface area contributed by atoms with Crippen LogP contribution in [-0.4, -0.2) is 16.1 Å². The lowest BCUT2D eigenvalue weighted by Gasteiger charge is -2.17. The van der Waals surface area contributed by atoms with Crippen LogP contribution in [0.25, 0.3) is 21.3 Å². The number of benzene rings is 3. The summed E-state index contributed by atoms with van der Waals surface area (Å²) in [7, 11) is 0. The Kier molecular flexibility index (Phi) is 4.87. The van der Waals surface area contributed by atoms with Crippen molar-refractivity contribution in [3.8, 4) is 10.4 Å². The number of aromatic amines is 1. The van der Waals surface area contributed by atoms with Crippen LogP contribution in [0.1, 0.15) is 17.0 Å². The van der Waals surface area contributed by atoms with Crippen molar-refractivity contribution < 1.29 is 4.79 Å². The predicted molar refractivity (Wildman–Crippen MR) is 123 cm³/mol. The normalized spacial score (nSPS) is 11.1. The van der Waals surface area contributed by atoms with Crippen molar-refractivity contribution in [1.82, 2.24) is 10.2 Å². The van der Waals surface area contributed by atoms with Gasteiger partial charge in [-0.25, -0.2) is 0 Å². The molecule has 146 valence electrons. The average molecular weight is 410 g/mol. The standard InChI is InChI=1S/C25H19N3OS/c29-25(23(17-8-3-1-4-9-17)18-10-5-2-6-11-18)26-24-20-14-13-19(16-21(20)27-28-24)22-12-7-15-30-22/h1-16,23H,(H2,26,27,28,29). The van der Waals surface area contributed by atoms with Crippen LogP contribution in [0.5, 0.6) is 0 Å². The number of hydrogen-bond donors (Lipinski definition) is 2. The van der Waals surface area contributed by atoms with E-state index in [1.807, 2.05) is 72.8 Å². The molecule has 2 N–H and O–H groups in total. The highest BCUT2D eigenvalue weighted by Gasteiger charge is 2.24. The molecule has 0 saturated heterocycles. The van der Waals surface area contributed by atoms with Crippen LogP contribution in [-0.2, 0) is 4.79 Å². The maximum absolute atomic E-state index is 13.3. The monoisotopic (exact) mass is 409 g/mol. The lowest BCUT2D eigenvalue weighted by molar-refractivity contribution is -0.116. The fourth-order valence-electron chi connectivity index (χ4n) is 3.69. The van der Waals surface area contributed by atoms with E-state index in [4.69, 9.17) is 0 Å². The molecule has 4 nitrogen and oxygen atoms in total. The molecule has 0 unspecified atom stereocenters. The van der Waals surface area contributed by atoms with Gasteiger partial charge in [0.15, 0.2) is 5.82 Å². The van der Waals surface area contributed by atoms with Gasteiger partial charge in [-0.1, -0.05) is 72.8 Å². The van der Waals surface area contributed by atoms with Gasteiger partial charge in [0, 0.05) is 10.3 Å². The van der Waals surface area contributed by atoms with E-state index in [2.05, 4.69) is 39.1 Å². The van der Waals surface area contributed by atoms with E-state index >= 15 is 0 Å². The number of nitrogens with one attached hydrogen (secondary N) is 2. The summed E-state index contributed by atoms with van der Waals surface area (Å²) in [6.45, 7) is 0. The predicted octanol–water partition coefficient (Wildman–Crippen LogP) is 6.06. The highest BCUT2D eigenvalue weighted by Crippen LogP contribution is 2.31. The van der Waals surface area contributed by atoms with Gasteiger partial charge in [0.25, 0.3) is 0 Å². The van der Waals surface area contributed by atoms with Gasteiger partial charge in [-0.3, -0.25) is 9.89 Å². The molecule has 0 bridgehead atoms. The van der Waals surface area contributed by atoms with Gasteiger partial charge in [-0.05, 0) is 40.3 Å². The molecule has 0 fully saturated rings. The highest BCUT2D eigenvalue weighted by molar-refractivity contribution is 7.13. The zero-order valence-electron chi connectivity index (χ0n) is 16.1. The van der Waals surface area contributed by atoms with Gasteiger partial charge < -0.3 is 5.32 Å². The molecule has 2 aromatic heterocycles. The first-order valence-corrected chi connectivity index (χ1v) is 10.6. The van der Waals surface area contributed by atoms with Gasteiger partial charge in [-0.2, -0.15) is 5.10 Å². The summed E-state index contributed by atoms with van der Waals surface area (Å²) < 4.78 is 0. The summed E-state index contributed by atoms with van der Waals surface area (Å²) in [5, 5.41) is 13.4. The third-order valence-electron chi connectivity index (χ3n) is 5.14. The topological polar surface area (TPSA) is 57.8 Å². The van der Waals surface area contributed by atoms with Gasteiger partial charge in [0.1, 0.15) is 0 Å². The molecule has 5 heteroatoms. The Balaban J connectivity index is 1.48. The summed E-state index contributed by atoms with van der Waals surface area (Å²) in [5.41, 5.74) is 3.92. The Bertz CT molecular complexity index is 1240. The number of anilines is 1. The van der Waals surface area contributed by atoms with Crippen molar-refractivity contribution in [2.45, 2.75) is 5.92 Å². The first kappa shape index (κ1) is 18.3. The summed E-state index contributed by atoms with van der Waals surface area (Å²) >= 11 is 1.70. The largest absolute Gasteiger partial charge is 0.308 e. The molecule has 5 rings (SSSR count). The second kappa shape index (κ2) is 7.97. The van der Waals surface area contributed by atoms with Crippen LogP contribution < -0.4 is 5.32 Å². The van der Waals surface area contributed by atoms with E-state index in [9.17, 15) is 4.79 Å². The Morgan fingerprint density at radius 2 is 1.57 bits per heavy atom. The molecule has 30 heavy (non-hydrogen) atoms. The first-order chi connectivity index (χ1) is 14.8. The van der Waals surface area contributed by atoms with Gasteiger partial charge in [-0.15, -0.1) is 11.3 Å². The molecule has 0 aliphatic heterocycles. The maximum Gasteiger partial charge on any atom is 0.237 e. The number of thiophene rings is 1. The molecule has 0 radical (unpaired) electrons. The average Bonchev–Trinajstić information content (AvgIpc) is 3.46. The van der Waals surface area contributed by atoms with Crippen molar-refractivity contribution in [1.29, 1.82) is 0 Å². The number of amides is 1. The van der Waals surface area contributed by atoms with Crippen LogP contribution in [0.15, 0.2) is 96.4 Å². The Morgan fingerprint density at radius 3 is 2.20 bits per heavy atom. The Hall–Kier alpha value is -3.70. The Labute approximate surface area is 178 Å². The third kappa shape index (κ3) is 3.51. The number of aromatic nitrogens is 2. The SMILES string of the molecule is O=C(Nc1n[nH]c2cc(-c3cccs3)ccc12)C(c1ccccc1)c1ccccc1. The van der Waals surface area contributed by atoms with E-state index in [0.29, 0.717) is 5.82 Å². The molecule has 0 saturated carbocycles. The molecule has 0 aliphatic rings. The Morgan fingerprint density at radius 1 is 0.867 bits per heavy atom. The number of H-pyrrole nitrogens is 1. The molecule has 3 aromatic carbocycles. The second-order valence-corrected chi connectivity index (χ2v) is 8.00. The van der Waals surface area contributed by atoms with E-state index < -0.39 is 5.92 Å².